The van der Waals surface area contributed by atoms with E-state index >= 15 is 0 Å². The lowest BCUT2D eigenvalue weighted by molar-refractivity contribution is 0.209. The maximum Gasteiger partial charge on any atom is 0.0132 e. The van der Waals surface area contributed by atoms with Gasteiger partial charge in [-0.1, -0.05) is 41.5 Å². The van der Waals surface area contributed by atoms with Crippen LogP contribution in [0.1, 0.15) is 41.5 Å². The lowest BCUT2D eigenvalue weighted by Gasteiger charge is -2.38. The summed E-state index contributed by atoms with van der Waals surface area (Å²) in [6.07, 6.45) is 0. The van der Waals surface area contributed by atoms with Gasteiger partial charge in [-0.05, 0) is 23.7 Å². The molecular formula is C14H29NS. The number of rotatable bonds is 3. The molecule has 0 radical (unpaired) electrons. The predicted molar refractivity (Wildman–Crippen MR) is 76.0 cm³/mol. The molecule has 1 saturated heterocycles. The van der Waals surface area contributed by atoms with Gasteiger partial charge in [0.05, 0.1) is 0 Å². The summed E-state index contributed by atoms with van der Waals surface area (Å²) in [5.74, 6) is 4.39. The Hall–Kier alpha value is 0.310. The van der Waals surface area contributed by atoms with E-state index in [2.05, 4.69) is 58.6 Å². The summed E-state index contributed by atoms with van der Waals surface area (Å²) >= 11 is 2.19. The normalized spacial score (nSPS) is 32.4. The lowest BCUT2D eigenvalue weighted by atomic mass is 9.77. The van der Waals surface area contributed by atoms with Crippen LogP contribution in [0.25, 0.3) is 0 Å². The van der Waals surface area contributed by atoms with E-state index in [9.17, 15) is 0 Å². The standard InChI is InChI=1S/C14H29NS/c1-9(2)12-13(10(3)4)15-7-8-16-14(12)11(5)6/h9-15H,7-8H2,1-6H3. The highest BCUT2D eigenvalue weighted by Crippen LogP contribution is 2.37. The summed E-state index contributed by atoms with van der Waals surface area (Å²) in [6, 6.07) is 0.697. The maximum atomic E-state index is 3.78. The number of hydrogen-bond donors (Lipinski definition) is 1. The van der Waals surface area contributed by atoms with E-state index in [0.717, 1.165) is 28.9 Å². The Morgan fingerprint density at radius 2 is 1.56 bits per heavy atom. The van der Waals surface area contributed by atoms with Crippen molar-refractivity contribution in [2.24, 2.45) is 23.7 Å². The Bertz CT molecular complexity index is 183. The molecule has 1 heterocycles. The Balaban J connectivity index is 2.89. The Morgan fingerprint density at radius 3 is 2.00 bits per heavy atom. The average molecular weight is 243 g/mol. The lowest BCUT2D eigenvalue weighted by Crippen LogP contribution is -2.46. The first-order valence-corrected chi connectivity index (χ1v) is 7.85. The molecular weight excluding hydrogens is 214 g/mol. The molecule has 96 valence electrons. The van der Waals surface area contributed by atoms with E-state index in [1.807, 2.05) is 0 Å². The smallest absolute Gasteiger partial charge is 0.0132 e. The van der Waals surface area contributed by atoms with Crippen LogP contribution in [0.5, 0.6) is 0 Å². The van der Waals surface area contributed by atoms with Gasteiger partial charge >= 0.3 is 0 Å². The summed E-state index contributed by atoms with van der Waals surface area (Å²) < 4.78 is 0. The molecule has 2 heteroatoms. The second kappa shape index (κ2) is 6.30. The fourth-order valence-corrected chi connectivity index (χ4v) is 4.58. The molecule has 0 amide bonds. The first kappa shape index (κ1) is 14.4. The van der Waals surface area contributed by atoms with Crippen LogP contribution in [0.2, 0.25) is 0 Å². The summed E-state index contributed by atoms with van der Waals surface area (Å²) in [5, 5.41) is 4.60. The number of thioether (sulfide) groups is 1. The van der Waals surface area contributed by atoms with Crippen molar-refractivity contribution < 1.29 is 0 Å². The van der Waals surface area contributed by atoms with Crippen LogP contribution >= 0.6 is 11.8 Å². The van der Waals surface area contributed by atoms with E-state index in [4.69, 9.17) is 0 Å². The van der Waals surface area contributed by atoms with Crippen molar-refractivity contribution in [1.29, 1.82) is 0 Å². The highest BCUT2D eigenvalue weighted by molar-refractivity contribution is 7.99. The molecule has 3 atom stereocenters. The summed E-state index contributed by atoms with van der Waals surface area (Å²) in [5.41, 5.74) is 0. The van der Waals surface area contributed by atoms with Gasteiger partial charge in [0.15, 0.2) is 0 Å². The van der Waals surface area contributed by atoms with Crippen molar-refractivity contribution in [3.05, 3.63) is 0 Å². The van der Waals surface area contributed by atoms with Gasteiger partial charge in [-0.2, -0.15) is 11.8 Å². The van der Waals surface area contributed by atoms with Crippen LogP contribution in [0.4, 0.5) is 0 Å². The van der Waals surface area contributed by atoms with E-state index in [0.29, 0.717) is 6.04 Å². The minimum absolute atomic E-state index is 0.697. The number of nitrogens with one attached hydrogen (secondary N) is 1. The Morgan fingerprint density at radius 1 is 0.938 bits per heavy atom. The van der Waals surface area contributed by atoms with E-state index in [-0.39, 0.29) is 0 Å². The second-order valence-corrected chi connectivity index (χ2v) is 7.41. The third kappa shape index (κ3) is 3.40. The molecule has 1 aliphatic heterocycles. The van der Waals surface area contributed by atoms with Gasteiger partial charge in [0.1, 0.15) is 0 Å². The summed E-state index contributed by atoms with van der Waals surface area (Å²) in [4.78, 5) is 0. The molecule has 1 rings (SSSR count). The topological polar surface area (TPSA) is 12.0 Å². The zero-order valence-corrected chi connectivity index (χ0v) is 12.6. The molecule has 16 heavy (non-hydrogen) atoms. The first-order valence-electron chi connectivity index (χ1n) is 6.80. The molecule has 3 unspecified atom stereocenters. The monoisotopic (exact) mass is 243 g/mol. The molecule has 0 bridgehead atoms. The van der Waals surface area contributed by atoms with E-state index in [1.54, 1.807) is 0 Å². The van der Waals surface area contributed by atoms with Gasteiger partial charge in [0.2, 0.25) is 0 Å². The van der Waals surface area contributed by atoms with Crippen molar-refractivity contribution >= 4 is 11.8 Å². The van der Waals surface area contributed by atoms with Crippen LogP contribution in [-0.4, -0.2) is 23.6 Å². The fourth-order valence-electron chi connectivity index (χ4n) is 2.98. The molecule has 0 aromatic heterocycles. The Kier molecular flexibility index (Phi) is 5.66. The van der Waals surface area contributed by atoms with E-state index < -0.39 is 0 Å². The van der Waals surface area contributed by atoms with Gasteiger partial charge in [-0.25, -0.2) is 0 Å². The first-order chi connectivity index (χ1) is 7.45. The van der Waals surface area contributed by atoms with Gasteiger partial charge in [0, 0.05) is 23.6 Å². The largest absolute Gasteiger partial charge is 0.313 e. The van der Waals surface area contributed by atoms with Gasteiger partial charge < -0.3 is 5.32 Å². The van der Waals surface area contributed by atoms with Crippen molar-refractivity contribution in [2.75, 3.05) is 12.3 Å². The molecule has 0 saturated carbocycles. The van der Waals surface area contributed by atoms with Crippen LogP contribution < -0.4 is 5.32 Å². The SMILES string of the molecule is CC(C)C1NCCSC(C(C)C)C1C(C)C. The van der Waals surface area contributed by atoms with Crippen molar-refractivity contribution in [1.82, 2.24) is 5.32 Å². The maximum absolute atomic E-state index is 3.78. The van der Waals surface area contributed by atoms with Gasteiger partial charge in [-0.15, -0.1) is 0 Å². The molecule has 1 nitrogen and oxygen atoms in total. The fraction of sp³-hybridized carbons (Fsp3) is 1.00. The zero-order chi connectivity index (χ0) is 12.3. The average Bonchev–Trinajstić information content (AvgIpc) is 2.38. The number of hydrogen-bond acceptors (Lipinski definition) is 2. The molecule has 1 aliphatic rings. The van der Waals surface area contributed by atoms with Crippen LogP contribution in [0, 0.1) is 23.7 Å². The highest BCUT2D eigenvalue weighted by atomic mass is 32.2. The minimum atomic E-state index is 0.697. The van der Waals surface area contributed by atoms with Crippen LogP contribution in [0.3, 0.4) is 0 Å². The zero-order valence-electron chi connectivity index (χ0n) is 11.8. The van der Waals surface area contributed by atoms with Crippen molar-refractivity contribution in [3.8, 4) is 0 Å². The van der Waals surface area contributed by atoms with Gasteiger partial charge in [-0.3, -0.25) is 0 Å². The molecule has 0 aromatic rings. The third-order valence-corrected chi connectivity index (χ3v) is 5.41. The minimum Gasteiger partial charge on any atom is -0.313 e. The van der Waals surface area contributed by atoms with Crippen molar-refractivity contribution in [2.45, 2.75) is 52.8 Å². The quantitative estimate of drug-likeness (QED) is 0.812. The Labute approximate surface area is 106 Å². The highest BCUT2D eigenvalue weighted by Gasteiger charge is 2.36. The van der Waals surface area contributed by atoms with Gasteiger partial charge in [0.25, 0.3) is 0 Å². The molecule has 0 spiro atoms. The van der Waals surface area contributed by atoms with Crippen LogP contribution in [0.15, 0.2) is 0 Å². The molecule has 0 aromatic carbocycles. The second-order valence-electron chi connectivity index (χ2n) is 6.12. The summed E-state index contributed by atoms with van der Waals surface area (Å²) in [6.45, 7) is 15.5. The van der Waals surface area contributed by atoms with E-state index in [1.165, 1.54) is 12.3 Å². The van der Waals surface area contributed by atoms with Crippen molar-refractivity contribution in [3.63, 3.8) is 0 Å². The molecule has 0 aliphatic carbocycles. The third-order valence-electron chi connectivity index (χ3n) is 3.73. The predicted octanol–water partition coefficient (Wildman–Crippen LogP) is 3.64. The molecule has 1 N–H and O–H groups in total. The van der Waals surface area contributed by atoms with Crippen LogP contribution in [-0.2, 0) is 0 Å². The molecule has 1 fully saturated rings. The summed E-state index contributed by atoms with van der Waals surface area (Å²) in [7, 11) is 0.